The van der Waals surface area contributed by atoms with Crippen molar-refractivity contribution in [1.29, 1.82) is 0 Å². The second-order valence-corrected chi connectivity index (χ2v) is 9.96. The summed E-state index contributed by atoms with van der Waals surface area (Å²) in [6, 6.07) is 22.9. The van der Waals surface area contributed by atoms with Gasteiger partial charge in [-0.3, -0.25) is 9.10 Å². The average molecular weight is 462 g/mol. The highest BCUT2D eigenvalue weighted by molar-refractivity contribution is 7.89. The van der Waals surface area contributed by atoms with E-state index in [1.807, 2.05) is 44.2 Å². The van der Waals surface area contributed by atoms with Gasteiger partial charge in [0, 0.05) is 23.3 Å². The second-order valence-electron chi connectivity index (χ2n) is 8.15. The Bertz CT molecular complexity index is 1260. The van der Waals surface area contributed by atoms with Crippen molar-refractivity contribution in [1.82, 2.24) is 4.31 Å². The van der Waals surface area contributed by atoms with Crippen LogP contribution in [0, 0.1) is 12.8 Å². The molecule has 0 radical (unpaired) electrons. The Morgan fingerprint density at radius 3 is 2.18 bits per heavy atom. The Labute approximate surface area is 195 Å². The molecule has 33 heavy (non-hydrogen) atoms. The summed E-state index contributed by atoms with van der Waals surface area (Å²) in [7, 11) is -2.29. The van der Waals surface area contributed by atoms with Crippen molar-refractivity contribution in [3.8, 4) is 5.75 Å². The molecule has 6 heteroatoms. The summed E-state index contributed by atoms with van der Waals surface area (Å²) in [6.45, 7) is 3.93. The highest BCUT2D eigenvalue weighted by Gasteiger charge is 2.50. The number of carbonyl (C=O) groups excluding carboxylic acids is 1. The van der Waals surface area contributed by atoms with Gasteiger partial charge in [-0.25, -0.2) is 8.42 Å². The summed E-state index contributed by atoms with van der Waals surface area (Å²) in [6.07, 6.45) is 2.18. The van der Waals surface area contributed by atoms with E-state index in [9.17, 15) is 13.2 Å². The van der Waals surface area contributed by atoms with Crippen LogP contribution in [0.5, 0.6) is 5.75 Å². The number of ketones is 1. The van der Waals surface area contributed by atoms with Gasteiger partial charge in [-0.15, -0.1) is 0 Å². The number of allylic oxidation sites excluding steroid dienone is 1. The first-order valence-electron chi connectivity index (χ1n) is 10.9. The maximum Gasteiger partial charge on any atom is 0.264 e. The topological polar surface area (TPSA) is 63.7 Å². The van der Waals surface area contributed by atoms with Gasteiger partial charge in [-0.05, 0) is 55.3 Å². The SMILES string of the molecule is CC[C@H]1/C(=C\C(=O)c2ccc(OC)cc2)N(S(=O)(=O)c2ccc(C)cc2)[C@@H]1c1ccccc1. The number of ether oxygens (including phenoxy) is 1. The van der Waals surface area contributed by atoms with Crippen LogP contribution in [0.2, 0.25) is 0 Å². The number of hydrogen-bond acceptors (Lipinski definition) is 4. The number of carbonyl (C=O) groups is 1. The van der Waals surface area contributed by atoms with E-state index in [-0.39, 0.29) is 22.6 Å². The Morgan fingerprint density at radius 2 is 1.61 bits per heavy atom. The normalized spacial score (nSPS) is 19.2. The Morgan fingerprint density at radius 1 is 0.970 bits per heavy atom. The van der Waals surface area contributed by atoms with E-state index in [4.69, 9.17) is 4.74 Å². The van der Waals surface area contributed by atoms with E-state index in [2.05, 4.69) is 0 Å². The van der Waals surface area contributed by atoms with Gasteiger partial charge in [-0.2, -0.15) is 0 Å². The van der Waals surface area contributed by atoms with Gasteiger partial charge in [0.2, 0.25) is 0 Å². The number of aryl methyl sites for hydroxylation is 1. The predicted octanol–water partition coefficient (Wildman–Crippen LogP) is 5.54. The highest BCUT2D eigenvalue weighted by Crippen LogP contribution is 2.52. The van der Waals surface area contributed by atoms with Gasteiger partial charge in [0.1, 0.15) is 5.75 Å². The van der Waals surface area contributed by atoms with E-state index in [1.165, 1.54) is 10.4 Å². The van der Waals surface area contributed by atoms with Crippen LogP contribution < -0.4 is 4.74 Å². The fourth-order valence-electron chi connectivity index (χ4n) is 4.27. The van der Waals surface area contributed by atoms with Crippen LogP contribution in [0.25, 0.3) is 0 Å². The number of hydrogen-bond donors (Lipinski definition) is 0. The van der Waals surface area contributed by atoms with Crippen LogP contribution in [-0.2, 0) is 10.0 Å². The third-order valence-electron chi connectivity index (χ3n) is 6.08. The zero-order chi connectivity index (χ0) is 23.6. The Kier molecular flexibility index (Phi) is 6.38. The third-order valence-corrected chi connectivity index (χ3v) is 7.90. The number of methoxy groups -OCH3 is 1. The van der Waals surface area contributed by atoms with Crippen LogP contribution in [0.15, 0.2) is 95.5 Å². The predicted molar refractivity (Wildman–Crippen MR) is 129 cm³/mol. The smallest absolute Gasteiger partial charge is 0.264 e. The monoisotopic (exact) mass is 461 g/mol. The van der Waals surface area contributed by atoms with E-state index in [0.717, 1.165) is 11.1 Å². The fourth-order valence-corrected chi connectivity index (χ4v) is 6.01. The summed E-state index contributed by atoms with van der Waals surface area (Å²) in [5, 5.41) is 0. The van der Waals surface area contributed by atoms with Gasteiger partial charge in [0.05, 0.1) is 18.0 Å². The largest absolute Gasteiger partial charge is 0.497 e. The number of sulfonamides is 1. The maximum absolute atomic E-state index is 13.7. The molecule has 1 aliphatic rings. The van der Waals surface area contributed by atoms with Crippen molar-refractivity contribution in [3.05, 3.63) is 107 Å². The summed E-state index contributed by atoms with van der Waals surface area (Å²) in [4.78, 5) is 13.3. The average Bonchev–Trinajstić information content (AvgIpc) is 2.82. The summed E-state index contributed by atoms with van der Waals surface area (Å²) >= 11 is 0. The van der Waals surface area contributed by atoms with Crippen molar-refractivity contribution in [3.63, 3.8) is 0 Å². The Balaban J connectivity index is 1.78. The van der Waals surface area contributed by atoms with Crippen LogP contribution in [-0.4, -0.2) is 25.6 Å². The fraction of sp³-hybridized carbons (Fsp3) is 0.222. The number of rotatable bonds is 7. The molecule has 1 fully saturated rings. The lowest BCUT2D eigenvalue weighted by molar-refractivity contribution is 0.103. The first-order chi connectivity index (χ1) is 15.9. The van der Waals surface area contributed by atoms with Crippen molar-refractivity contribution >= 4 is 15.8 Å². The summed E-state index contributed by atoms with van der Waals surface area (Å²) in [5.41, 5.74) is 2.89. The zero-order valence-electron chi connectivity index (χ0n) is 18.9. The van der Waals surface area contributed by atoms with E-state index in [0.29, 0.717) is 23.4 Å². The molecule has 0 aromatic heterocycles. The number of benzene rings is 3. The molecule has 170 valence electrons. The minimum atomic E-state index is -3.85. The van der Waals surface area contributed by atoms with Gasteiger partial charge >= 0.3 is 0 Å². The summed E-state index contributed by atoms with van der Waals surface area (Å²) < 4.78 is 34.1. The molecular formula is C27H27NO4S. The van der Waals surface area contributed by atoms with Crippen LogP contribution in [0.4, 0.5) is 0 Å². The van der Waals surface area contributed by atoms with Crippen LogP contribution in [0.3, 0.4) is 0 Å². The third kappa shape index (κ3) is 4.31. The van der Waals surface area contributed by atoms with Crippen molar-refractivity contribution in [2.75, 3.05) is 7.11 Å². The number of nitrogens with zero attached hydrogens (tertiary/aromatic N) is 1. The lowest BCUT2D eigenvalue weighted by Gasteiger charge is -2.50. The molecule has 0 aliphatic carbocycles. The van der Waals surface area contributed by atoms with Gasteiger partial charge < -0.3 is 4.74 Å². The van der Waals surface area contributed by atoms with Gasteiger partial charge in [0.15, 0.2) is 5.78 Å². The van der Waals surface area contributed by atoms with E-state index < -0.39 is 10.0 Å². The molecule has 3 aromatic rings. The van der Waals surface area contributed by atoms with Crippen molar-refractivity contribution in [2.45, 2.75) is 31.2 Å². The molecule has 0 bridgehead atoms. The lowest BCUT2D eigenvalue weighted by atomic mass is 9.80. The molecule has 0 saturated carbocycles. The molecule has 1 aliphatic heterocycles. The molecular weight excluding hydrogens is 434 g/mol. The van der Waals surface area contributed by atoms with Crippen LogP contribution in [0.1, 0.15) is 40.9 Å². The van der Waals surface area contributed by atoms with Gasteiger partial charge in [-0.1, -0.05) is 55.0 Å². The Hall–Kier alpha value is -3.38. The molecule has 0 unspecified atom stereocenters. The first-order valence-corrected chi connectivity index (χ1v) is 12.4. The zero-order valence-corrected chi connectivity index (χ0v) is 19.7. The molecule has 0 spiro atoms. The van der Waals surface area contributed by atoms with Crippen molar-refractivity contribution < 1.29 is 17.9 Å². The molecule has 4 rings (SSSR count). The standard InChI is InChI=1S/C27H27NO4S/c1-4-24-25(18-26(29)20-12-14-22(32-3)15-13-20)28(27(24)21-8-6-5-7-9-21)33(30,31)23-16-10-19(2)11-17-23/h5-18,24,27H,4H2,1-3H3/b25-18+/t24-,27+/m0/s1. The minimum absolute atomic E-state index is 0.0881. The molecule has 0 amide bonds. The lowest BCUT2D eigenvalue weighted by Crippen LogP contribution is -2.50. The molecule has 2 atom stereocenters. The molecule has 3 aromatic carbocycles. The van der Waals surface area contributed by atoms with E-state index in [1.54, 1.807) is 55.6 Å². The second kappa shape index (κ2) is 9.24. The van der Waals surface area contributed by atoms with Gasteiger partial charge in [0.25, 0.3) is 10.0 Å². The van der Waals surface area contributed by atoms with Crippen LogP contribution >= 0.6 is 0 Å². The molecule has 1 heterocycles. The maximum atomic E-state index is 13.7. The first kappa shape index (κ1) is 22.8. The highest BCUT2D eigenvalue weighted by atomic mass is 32.2. The van der Waals surface area contributed by atoms with E-state index >= 15 is 0 Å². The molecule has 0 N–H and O–H groups in total. The molecule has 1 saturated heterocycles. The van der Waals surface area contributed by atoms with Crippen molar-refractivity contribution in [2.24, 2.45) is 5.92 Å². The summed E-state index contributed by atoms with van der Waals surface area (Å²) in [5.74, 6) is 0.332. The minimum Gasteiger partial charge on any atom is -0.497 e. The molecule has 5 nitrogen and oxygen atoms in total. The quantitative estimate of drug-likeness (QED) is 0.342.